The van der Waals surface area contributed by atoms with Crippen LogP contribution < -0.4 is 0 Å². The molecule has 1 aromatic carbocycles. The fraction of sp³-hybridized carbons (Fsp3) is 0.556. The summed E-state index contributed by atoms with van der Waals surface area (Å²) in [4.78, 5) is 24.0. The van der Waals surface area contributed by atoms with Gasteiger partial charge in [-0.15, -0.1) is 0 Å². The van der Waals surface area contributed by atoms with Crippen molar-refractivity contribution < 1.29 is 19.4 Å². The number of hydrogen-bond acceptors (Lipinski definition) is 3. The molecule has 0 saturated heterocycles. The number of benzene rings is 1. The Labute approximate surface area is 146 Å². The van der Waals surface area contributed by atoms with Crippen LogP contribution in [0.2, 0.25) is 0 Å². The van der Waals surface area contributed by atoms with Gasteiger partial charge in [-0.1, -0.05) is 56.5 Å². The molecule has 0 spiro atoms. The van der Waals surface area contributed by atoms with Crippen molar-refractivity contribution in [2.45, 2.75) is 59.5 Å². The highest BCUT2D eigenvalue weighted by Gasteiger charge is 2.24. The van der Waals surface area contributed by atoms with Gasteiger partial charge in [-0.25, -0.2) is 9.59 Å². The van der Waals surface area contributed by atoms with Crippen LogP contribution in [0.25, 0.3) is 0 Å². The summed E-state index contributed by atoms with van der Waals surface area (Å²) in [5.41, 5.74) is 0.946. The van der Waals surface area contributed by atoms with Crippen LogP contribution in [-0.4, -0.2) is 23.1 Å². The van der Waals surface area contributed by atoms with Gasteiger partial charge in [0.2, 0.25) is 0 Å². The molecule has 1 rings (SSSR count). The fourth-order valence-electron chi connectivity index (χ4n) is 2.37. The molecule has 23 heavy (non-hydrogen) atoms. The number of carbonyl (C=O) groups is 2. The molecule has 0 aliphatic rings. The van der Waals surface area contributed by atoms with Crippen LogP contribution in [0, 0.1) is 5.92 Å². The lowest BCUT2D eigenvalue weighted by Crippen LogP contribution is -2.25. The Bertz CT molecular complexity index is 566. The van der Waals surface area contributed by atoms with Gasteiger partial charge in [-0.05, 0) is 36.5 Å². The summed E-state index contributed by atoms with van der Waals surface area (Å²) in [7, 11) is 0. The lowest BCUT2D eigenvalue weighted by molar-refractivity contribution is 0.0149. The van der Waals surface area contributed by atoms with Crippen LogP contribution in [0.1, 0.15) is 73.2 Å². The smallest absolute Gasteiger partial charge is 0.339 e. The zero-order valence-electron chi connectivity index (χ0n) is 14.2. The van der Waals surface area contributed by atoms with E-state index >= 15 is 0 Å². The Kier molecular flexibility index (Phi) is 7.76. The molecule has 1 unspecified atom stereocenters. The summed E-state index contributed by atoms with van der Waals surface area (Å²) in [5.74, 6) is -1.49. The molecule has 1 N–H and O–H groups in total. The lowest BCUT2D eigenvalue weighted by atomic mass is 10.00. The van der Waals surface area contributed by atoms with E-state index < -0.39 is 11.9 Å². The molecule has 0 bridgehead atoms. The first-order valence-electron chi connectivity index (χ1n) is 8.08. The second kappa shape index (κ2) is 9.06. The van der Waals surface area contributed by atoms with E-state index in [0.717, 1.165) is 29.3 Å². The summed E-state index contributed by atoms with van der Waals surface area (Å²) < 4.78 is 6.32. The van der Waals surface area contributed by atoms with E-state index in [4.69, 9.17) is 4.74 Å². The third kappa shape index (κ3) is 5.34. The standard InChI is InChI=1S/C18H25BrO4/c1-5-7-8-16(11(3)4)23-18(22)14-10-15(19)12(6-2)9-13(14)17(20)21/h9-11,16H,5-8H2,1-4H3,(H,20,21). The highest BCUT2D eigenvalue weighted by molar-refractivity contribution is 9.10. The number of ether oxygens (including phenoxy) is 1. The molecule has 4 nitrogen and oxygen atoms in total. The van der Waals surface area contributed by atoms with Gasteiger partial charge < -0.3 is 9.84 Å². The average Bonchev–Trinajstić information content (AvgIpc) is 2.50. The van der Waals surface area contributed by atoms with E-state index in [1.807, 2.05) is 20.8 Å². The highest BCUT2D eigenvalue weighted by Crippen LogP contribution is 2.25. The van der Waals surface area contributed by atoms with E-state index in [-0.39, 0.29) is 23.1 Å². The SMILES string of the molecule is CCCCC(OC(=O)c1cc(Br)c(CC)cc1C(=O)O)C(C)C. The van der Waals surface area contributed by atoms with Gasteiger partial charge in [0.25, 0.3) is 0 Å². The maximum absolute atomic E-state index is 12.5. The molecule has 0 aliphatic heterocycles. The number of carbonyl (C=O) groups excluding carboxylic acids is 1. The monoisotopic (exact) mass is 384 g/mol. The molecule has 5 heteroatoms. The minimum absolute atomic E-state index is 0.00644. The number of unbranched alkanes of at least 4 members (excludes halogenated alkanes) is 1. The topological polar surface area (TPSA) is 63.6 Å². The van der Waals surface area contributed by atoms with Crippen molar-refractivity contribution >= 4 is 27.9 Å². The first-order valence-corrected chi connectivity index (χ1v) is 8.87. The third-order valence-corrected chi connectivity index (χ3v) is 4.60. The van der Waals surface area contributed by atoms with Gasteiger partial charge >= 0.3 is 11.9 Å². The fourth-order valence-corrected chi connectivity index (χ4v) is 2.99. The zero-order valence-corrected chi connectivity index (χ0v) is 15.8. The molecule has 128 valence electrons. The van der Waals surface area contributed by atoms with Gasteiger partial charge in [0.15, 0.2) is 0 Å². The number of rotatable bonds is 8. The molecule has 0 saturated carbocycles. The summed E-state index contributed by atoms with van der Waals surface area (Å²) >= 11 is 3.40. The number of esters is 1. The van der Waals surface area contributed by atoms with E-state index in [1.165, 1.54) is 0 Å². The summed E-state index contributed by atoms with van der Waals surface area (Å²) in [5, 5.41) is 9.39. The number of carboxylic acid groups (broad SMARTS) is 1. The molecular weight excluding hydrogens is 360 g/mol. The van der Waals surface area contributed by atoms with Crippen LogP contribution in [-0.2, 0) is 11.2 Å². The Morgan fingerprint density at radius 1 is 1.22 bits per heavy atom. The van der Waals surface area contributed by atoms with Crippen molar-refractivity contribution in [3.63, 3.8) is 0 Å². The van der Waals surface area contributed by atoms with Crippen LogP contribution in [0.4, 0.5) is 0 Å². The second-order valence-electron chi connectivity index (χ2n) is 5.98. The van der Waals surface area contributed by atoms with Crippen molar-refractivity contribution in [2.75, 3.05) is 0 Å². The predicted octanol–water partition coefficient (Wildman–Crippen LogP) is 5.08. The maximum atomic E-state index is 12.5. The number of carboxylic acids is 1. The minimum Gasteiger partial charge on any atom is -0.478 e. The van der Waals surface area contributed by atoms with E-state index in [1.54, 1.807) is 12.1 Å². The molecule has 0 fully saturated rings. The third-order valence-electron chi connectivity index (χ3n) is 3.86. The molecule has 0 aromatic heterocycles. The van der Waals surface area contributed by atoms with Gasteiger partial charge in [0.1, 0.15) is 6.10 Å². The second-order valence-corrected chi connectivity index (χ2v) is 6.83. The minimum atomic E-state index is -1.12. The van der Waals surface area contributed by atoms with Crippen molar-refractivity contribution in [3.05, 3.63) is 33.3 Å². The first kappa shape index (κ1) is 19.7. The van der Waals surface area contributed by atoms with Gasteiger partial charge in [0.05, 0.1) is 11.1 Å². The van der Waals surface area contributed by atoms with Gasteiger partial charge in [-0.2, -0.15) is 0 Å². The number of halogens is 1. The van der Waals surface area contributed by atoms with Crippen molar-refractivity contribution in [2.24, 2.45) is 5.92 Å². The Morgan fingerprint density at radius 2 is 1.87 bits per heavy atom. The highest BCUT2D eigenvalue weighted by atomic mass is 79.9. The van der Waals surface area contributed by atoms with Gasteiger partial charge in [0, 0.05) is 4.47 Å². The Hall–Kier alpha value is -1.36. The molecule has 0 radical (unpaired) electrons. The van der Waals surface area contributed by atoms with Crippen LogP contribution >= 0.6 is 15.9 Å². The summed E-state index contributed by atoms with van der Waals surface area (Å²) in [6.07, 6.45) is 3.27. The molecule has 0 aliphatic carbocycles. The maximum Gasteiger partial charge on any atom is 0.339 e. The molecule has 1 aromatic rings. The Balaban J connectivity index is 3.10. The molecule has 0 heterocycles. The van der Waals surface area contributed by atoms with Gasteiger partial charge in [-0.3, -0.25) is 0 Å². The average molecular weight is 385 g/mol. The number of aryl methyl sites for hydroxylation is 1. The van der Waals surface area contributed by atoms with Crippen molar-refractivity contribution in [3.8, 4) is 0 Å². The molecular formula is C18H25BrO4. The van der Waals surface area contributed by atoms with Crippen LogP contribution in [0.15, 0.2) is 16.6 Å². The number of hydrogen-bond donors (Lipinski definition) is 1. The quantitative estimate of drug-likeness (QED) is 0.634. The zero-order chi connectivity index (χ0) is 17.6. The van der Waals surface area contributed by atoms with E-state index in [0.29, 0.717) is 6.42 Å². The Morgan fingerprint density at radius 3 is 2.35 bits per heavy atom. The van der Waals surface area contributed by atoms with Crippen LogP contribution in [0.3, 0.4) is 0 Å². The van der Waals surface area contributed by atoms with E-state index in [9.17, 15) is 14.7 Å². The molecule has 1 atom stereocenters. The molecule has 0 amide bonds. The largest absolute Gasteiger partial charge is 0.478 e. The lowest BCUT2D eigenvalue weighted by Gasteiger charge is -2.22. The summed E-state index contributed by atoms with van der Waals surface area (Å²) in [6, 6.07) is 3.10. The predicted molar refractivity (Wildman–Crippen MR) is 94.0 cm³/mol. The van der Waals surface area contributed by atoms with Crippen molar-refractivity contribution in [1.29, 1.82) is 0 Å². The number of aromatic carboxylic acids is 1. The van der Waals surface area contributed by atoms with Crippen LogP contribution in [0.5, 0.6) is 0 Å². The summed E-state index contributed by atoms with van der Waals surface area (Å²) in [6.45, 7) is 8.02. The van der Waals surface area contributed by atoms with Crippen molar-refractivity contribution in [1.82, 2.24) is 0 Å². The normalized spacial score (nSPS) is 12.3. The van der Waals surface area contributed by atoms with E-state index in [2.05, 4.69) is 22.9 Å². The first-order chi connectivity index (χ1) is 10.8.